The Morgan fingerprint density at radius 1 is 1.03 bits per heavy atom. The number of pyridine rings is 1. The van der Waals surface area contributed by atoms with Gasteiger partial charge in [0.25, 0.3) is 17.5 Å². The van der Waals surface area contributed by atoms with Crippen LogP contribution in [-0.4, -0.2) is 82.7 Å². The highest BCUT2D eigenvalue weighted by Gasteiger charge is 2.46. The number of aliphatic hydroxyl groups excluding tert-OH is 4. The van der Waals surface area contributed by atoms with Gasteiger partial charge in [-0.1, -0.05) is 0 Å². The Hall–Kier alpha value is -4.47. The standard InChI is InChI=1S/C25H19N5O9/c31-7-12-19(32)20(33)21(34)25(39-12)29-18-14(9-2-1-5-26-22(9)29)16-15(23(35)28-24(16)36)13-10-6-8(30(37)38)3-4-11(10)27-17(13)18/h1-6,12,19-21,25,27,31-34H,7H2,(H,28,35,36). The first-order chi connectivity index (χ1) is 18.7. The van der Waals surface area contributed by atoms with Gasteiger partial charge in [-0.25, -0.2) is 4.98 Å². The molecule has 0 bridgehead atoms. The highest BCUT2D eigenvalue weighted by Crippen LogP contribution is 2.46. The monoisotopic (exact) mass is 533 g/mol. The quantitative estimate of drug-likeness (QED) is 0.108. The van der Waals surface area contributed by atoms with Crippen molar-refractivity contribution in [2.45, 2.75) is 30.6 Å². The molecule has 1 fully saturated rings. The Kier molecular flexibility index (Phi) is 4.86. The van der Waals surface area contributed by atoms with Crippen LogP contribution in [0.3, 0.4) is 0 Å². The number of ether oxygens (including phenoxy) is 1. The van der Waals surface area contributed by atoms with Crippen LogP contribution in [-0.2, 0) is 4.74 Å². The third-order valence-corrected chi connectivity index (χ3v) is 7.54. The minimum Gasteiger partial charge on any atom is -0.394 e. The first-order valence-corrected chi connectivity index (χ1v) is 11.9. The lowest BCUT2D eigenvalue weighted by Gasteiger charge is -2.40. The average molecular weight is 533 g/mol. The molecule has 0 spiro atoms. The summed E-state index contributed by atoms with van der Waals surface area (Å²) in [5.74, 6) is -1.36. The smallest absolute Gasteiger partial charge is 0.270 e. The van der Waals surface area contributed by atoms with Gasteiger partial charge in [-0.2, -0.15) is 0 Å². The fourth-order valence-electron chi connectivity index (χ4n) is 5.84. The van der Waals surface area contributed by atoms with Crippen molar-refractivity contribution in [1.29, 1.82) is 0 Å². The maximum atomic E-state index is 13.2. The van der Waals surface area contributed by atoms with Gasteiger partial charge < -0.3 is 30.1 Å². The van der Waals surface area contributed by atoms with E-state index >= 15 is 0 Å². The van der Waals surface area contributed by atoms with Crippen LogP contribution in [0.2, 0.25) is 0 Å². The van der Waals surface area contributed by atoms with Gasteiger partial charge in [0.05, 0.1) is 33.7 Å². The second-order valence-electron chi connectivity index (χ2n) is 9.58. The predicted octanol–water partition coefficient (Wildman–Crippen LogP) is 0.588. The van der Waals surface area contributed by atoms with Crippen molar-refractivity contribution in [1.82, 2.24) is 19.9 Å². The lowest BCUT2D eigenvalue weighted by atomic mass is 9.96. The number of nitro benzene ring substituents is 1. The molecule has 39 heavy (non-hydrogen) atoms. The van der Waals surface area contributed by atoms with Crippen molar-refractivity contribution in [3.63, 3.8) is 0 Å². The molecule has 14 nitrogen and oxygen atoms in total. The number of benzene rings is 2. The minimum absolute atomic E-state index is 0.0243. The van der Waals surface area contributed by atoms with E-state index in [1.54, 1.807) is 12.1 Å². The number of nitro groups is 1. The Labute approximate surface area is 216 Å². The molecule has 2 aliphatic heterocycles. The van der Waals surface area contributed by atoms with Crippen LogP contribution in [0.5, 0.6) is 0 Å². The summed E-state index contributed by atoms with van der Waals surface area (Å²) in [5, 5.41) is 56.9. The summed E-state index contributed by atoms with van der Waals surface area (Å²) in [6, 6.07) is 7.38. The fourth-order valence-corrected chi connectivity index (χ4v) is 5.84. The number of nitrogens with zero attached hydrogens (tertiary/aromatic N) is 3. The number of imide groups is 1. The molecule has 14 heteroatoms. The normalized spacial score (nSPS) is 25.2. The molecule has 5 atom stereocenters. The third-order valence-electron chi connectivity index (χ3n) is 7.54. The van der Waals surface area contributed by atoms with Crippen LogP contribution < -0.4 is 5.32 Å². The third kappa shape index (κ3) is 2.99. The van der Waals surface area contributed by atoms with Crippen LogP contribution in [0.15, 0.2) is 36.5 Å². The summed E-state index contributed by atoms with van der Waals surface area (Å²) in [6.45, 7) is -0.663. The average Bonchev–Trinajstić information content (AvgIpc) is 3.56. The van der Waals surface area contributed by atoms with Crippen molar-refractivity contribution < 1.29 is 39.7 Å². The molecule has 5 aromatic rings. The molecular formula is C25H19N5O9. The van der Waals surface area contributed by atoms with Gasteiger partial charge in [0, 0.05) is 45.4 Å². The van der Waals surface area contributed by atoms with Crippen molar-refractivity contribution >= 4 is 61.2 Å². The highest BCUT2D eigenvalue weighted by molar-refractivity contribution is 6.39. The van der Waals surface area contributed by atoms with Crippen molar-refractivity contribution in [2.24, 2.45) is 0 Å². The van der Waals surface area contributed by atoms with E-state index < -0.39 is 54.0 Å². The van der Waals surface area contributed by atoms with Crippen LogP contribution in [0, 0.1) is 10.1 Å². The van der Waals surface area contributed by atoms with Gasteiger partial charge in [0.15, 0.2) is 6.23 Å². The number of aromatic amines is 1. The van der Waals surface area contributed by atoms with Gasteiger partial charge in [-0.3, -0.25) is 29.6 Å². The number of fused-ring (bicyclic) bond motifs is 10. The summed E-state index contributed by atoms with van der Waals surface area (Å²) in [7, 11) is 0. The van der Waals surface area contributed by atoms with Gasteiger partial charge in [-0.05, 0) is 18.2 Å². The number of amides is 2. The van der Waals surface area contributed by atoms with E-state index in [4.69, 9.17) is 4.74 Å². The first kappa shape index (κ1) is 23.6. The molecule has 6 N–H and O–H groups in total. The number of aromatic nitrogens is 3. The molecular weight excluding hydrogens is 514 g/mol. The molecule has 5 unspecified atom stereocenters. The van der Waals surface area contributed by atoms with Crippen molar-refractivity contribution in [3.8, 4) is 0 Å². The van der Waals surface area contributed by atoms with Gasteiger partial charge in [0.2, 0.25) is 0 Å². The zero-order valence-corrected chi connectivity index (χ0v) is 19.7. The zero-order valence-electron chi connectivity index (χ0n) is 19.7. The SMILES string of the molecule is O=C1NC(=O)c2c1c1c3cc([N+](=O)[O-])ccc3[nH]c1c1c2c2cccnc2n1C1OC(CO)C(O)C(O)C1O. The number of H-pyrrole nitrogens is 1. The molecule has 2 aromatic carbocycles. The van der Waals surface area contributed by atoms with E-state index in [0.717, 1.165) is 0 Å². The van der Waals surface area contributed by atoms with Crippen molar-refractivity contribution in [2.75, 3.05) is 6.61 Å². The minimum atomic E-state index is -1.70. The number of hydrogen-bond donors (Lipinski definition) is 6. The molecule has 2 aliphatic rings. The number of hydrogen-bond acceptors (Lipinski definition) is 10. The Morgan fingerprint density at radius 3 is 2.49 bits per heavy atom. The number of aliphatic hydroxyl groups is 4. The summed E-state index contributed by atoms with van der Waals surface area (Å²) >= 11 is 0. The molecule has 0 radical (unpaired) electrons. The molecule has 198 valence electrons. The fraction of sp³-hybridized carbons (Fsp3) is 0.240. The number of rotatable bonds is 3. The summed E-state index contributed by atoms with van der Waals surface area (Å²) in [6.07, 6.45) is -6.14. The molecule has 0 aliphatic carbocycles. The molecule has 0 saturated carbocycles. The molecule has 5 heterocycles. The molecule has 1 saturated heterocycles. The van der Waals surface area contributed by atoms with E-state index in [2.05, 4.69) is 15.3 Å². The van der Waals surface area contributed by atoms with Gasteiger partial charge >= 0.3 is 0 Å². The van der Waals surface area contributed by atoms with E-state index in [1.165, 1.54) is 29.0 Å². The largest absolute Gasteiger partial charge is 0.394 e. The van der Waals surface area contributed by atoms with E-state index in [-0.39, 0.29) is 33.4 Å². The number of carbonyl (C=O) groups excluding carboxylic acids is 2. The lowest BCUT2D eigenvalue weighted by Crippen LogP contribution is -2.56. The number of nitrogens with one attached hydrogen (secondary N) is 2. The Morgan fingerprint density at radius 2 is 1.77 bits per heavy atom. The molecule has 2 amide bonds. The van der Waals surface area contributed by atoms with Crippen LogP contribution in [0.4, 0.5) is 5.69 Å². The summed E-state index contributed by atoms with van der Waals surface area (Å²) in [5.41, 5.74) is 1.07. The van der Waals surface area contributed by atoms with E-state index in [0.29, 0.717) is 27.2 Å². The van der Waals surface area contributed by atoms with Crippen LogP contribution in [0.25, 0.3) is 43.7 Å². The number of non-ortho nitro benzene ring substituents is 1. The van der Waals surface area contributed by atoms with Crippen LogP contribution in [0.1, 0.15) is 26.9 Å². The first-order valence-electron chi connectivity index (χ1n) is 11.9. The van der Waals surface area contributed by atoms with Gasteiger partial charge in [-0.15, -0.1) is 0 Å². The maximum absolute atomic E-state index is 13.2. The second-order valence-corrected chi connectivity index (χ2v) is 9.58. The van der Waals surface area contributed by atoms with E-state index in [1.807, 2.05) is 0 Å². The van der Waals surface area contributed by atoms with E-state index in [9.17, 15) is 40.1 Å². The second kappa shape index (κ2) is 8.02. The summed E-state index contributed by atoms with van der Waals surface area (Å²) < 4.78 is 7.31. The Balaban J connectivity index is 1.70. The lowest BCUT2D eigenvalue weighted by molar-refractivity contribution is -0.384. The van der Waals surface area contributed by atoms with Crippen molar-refractivity contribution in [3.05, 3.63) is 57.8 Å². The van der Waals surface area contributed by atoms with Gasteiger partial charge in [0.1, 0.15) is 30.1 Å². The van der Waals surface area contributed by atoms with Crippen LogP contribution >= 0.6 is 0 Å². The highest BCUT2D eigenvalue weighted by atomic mass is 16.6. The predicted molar refractivity (Wildman–Crippen MR) is 134 cm³/mol. The summed E-state index contributed by atoms with van der Waals surface area (Å²) in [4.78, 5) is 44.9. The topological polar surface area (TPSA) is 213 Å². The number of carbonyl (C=O) groups is 2. The zero-order chi connectivity index (χ0) is 27.3. The Bertz CT molecular complexity index is 1910. The molecule has 3 aromatic heterocycles. The molecule has 7 rings (SSSR count). The maximum Gasteiger partial charge on any atom is 0.270 e.